The number of aliphatic hydroxyl groups is 1. The number of benzene rings is 1. The van der Waals surface area contributed by atoms with Crippen LogP contribution in [0.1, 0.15) is 38.7 Å². The number of para-hydroxylation sites is 1. The summed E-state index contributed by atoms with van der Waals surface area (Å²) in [4.78, 5) is 41.8. The minimum Gasteiger partial charge on any atom is -0.395 e. The summed E-state index contributed by atoms with van der Waals surface area (Å²) in [5.41, 5.74) is 5.97. The molecule has 3 atom stereocenters. The first-order valence-electron chi connectivity index (χ1n) is 9.35. The summed E-state index contributed by atoms with van der Waals surface area (Å²) in [7, 11) is 0. The van der Waals surface area contributed by atoms with Crippen molar-refractivity contribution in [2.45, 2.75) is 38.6 Å². The fraction of sp³-hybridized carbons (Fsp3) is 0.550. The van der Waals surface area contributed by atoms with Crippen LogP contribution in [0.4, 0.5) is 5.69 Å². The van der Waals surface area contributed by atoms with Crippen molar-refractivity contribution >= 4 is 23.4 Å². The summed E-state index contributed by atoms with van der Waals surface area (Å²) in [5, 5.41) is 9.47. The number of amides is 3. The molecule has 3 N–H and O–H groups in total. The Morgan fingerprint density at radius 1 is 1.33 bits per heavy atom. The van der Waals surface area contributed by atoms with Crippen molar-refractivity contribution in [2.75, 3.05) is 24.6 Å². The zero-order chi connectivity index (χ0) is 19.9. The van der Waals surface area contributed by atoms with Crippen LogP contribution in [0.2, 0.25) is 0 Å². The van der Waals surface area contributed by atoms with Gasteiger partial charge in [0.1, 0.15) is 5.54 Å². The van der Waals surface area contributed by atoms with Crippen molar-refractivity contribution in [1.29, 1.82) is 0 Å². The fourth-order valence-corrected chi connectivity index (χ4v) is 4.59. The molecule has 1 saturated heterocycles. The van der Waals surface area contributed by atoms with Crippen LogP contribution in [0.5, 0.6) is 0 Å². The van der Waals surface area contributed by atoms with Crippen molar-refractivity contribution < 1.29 is 19.5 Å². The van der Waals surface area contributed by atoms with Gasteiger partial charge in [0.2, 0.25) is 11.8 Å². The van der Waals surface area contributed by atoms with Crippen LogP contribution >= 0.6 is 0 Å². The van der Waals surface area contributed by atoms with Gasteiger partial charge in [0.05, 0.1) is 12.5 Å². The highest BCUT2D eigenvalue weighted by molar-refractivity contribution is 6.07. The summed E-state index contributed by atoms with van der Waals surface area (Å²) in [5.74, 6) is -1.94. The lowest BCUT2D eigenvalue weighted by atomic mass is 9.71. The number of fused-ring (bicyclic) bond motifs is 3. The van der Waals surface area contributed by atoms with Gasteiger partial charge < -0.3 is 20.6 Å². The number of carbonyl (C=O) groups excluding carboxylic acids is 3. The minimum absolute atomic E-state index is 0.131. The quantitative estimate of drug-likeness (QED) is 0.799. The first-order valence-corrected chi connectivity index (χ1v) is 9.35. The molecule has 1 aromatic rings. The molecule has 1 fully saturated rings. The Morgan fingerprint density at radius 3 is 2.59 bits per heavy atom. The molecule has 146 valence electrons. The van der Waals surface area contributed by atoms with Gasteiger partial charge >= 0.3 is 0 Å². The third kappa shape index (κ3) is 2.90. The van der Waals surface area contributed by atoms with E-state index in [1.54, 1.807) is 13.0 Å². The van der Waals surface area contributed by atoms with Gasteiger partial charge in [-0.1, -0.05) is 32.0 Å². The van der Waals surface area contributed by atoms with Crippen LogP contribution < -0.4 is 10.6 Å². The Balaban J connectivity index is 2.17. The molecule has 2 heterocycles. The van der Waals surface area contributed by atoms with E-state index in [-0.39, 0.29) is 37.4 Å². The number of aliphatic hydroxyl groups excluding tert-OH is 1. The molecule has 0 spiro atoms. The number of nitrogens with two attached hydrogens (primary N) is 1. The van der Waals surface area contributed by atoms with E-state index in [0.717, 1.165) is 5.56 Å². The molecule has 0 unspecified atom stereocenters. The zero-order valence-corrected chi connectivity index (χ0v) is 16.0. The summed E-state index contributed by atoms with van der Waals surface area (Å²) in [6, 6.07) is 7.35. The number of primary amides is 1. The predicted molar refractivity (Wildman–Crippen MR) is 101 cm³/mol. The number of anilines is 1. The topological polar surface area (TPSA) is 104 Å². The maximum Gasteiger partial charge on any atom is 0.253 e. The SMILES string of the molecule is CC(C)CC(=O)N1C[C@H](C(N)=O)[C@H]2c3ccccc3N(CCO)C(=O)[C@]21C. The normalized spacial score (nSPS) is 26.9. The third-order valence-electron chi connectivity index (χ3n) is 5.76. The maximum absolute atomic E-state index is 13.5. The van der Waals surface area contributed by atoms with E-state index in [0.29, 0.717) is 12.1 Å². The van der Waals surface area contributed by atoms with Crippen LogP contribution in [0.3, 0.4) is 0 Å². The Labute approximate surface area is 159 Å². The molecule has 0 saturated carbocycles. The number of carbonyl (C=O) groups is 3. The van der Waals surface area contributed by atoms with Gasteiger partial charge in [0.15, 0.2) is 0 Å². The highest BCUT2D eigenvalue weighted by atomic mass is 16.3. The zero-order valence-electron chi connectivity index (χ0n) is 16.0. The fourth-order valence-electron chi connectivity index (χ4n) is 4.59. The van der Waals surface area contributed by atoms with Crippen molar-refractivity contribution in [2.24, 2.45) is 17.6 Å². The largest absolute Gasteiger partial charge is 0.395 e. The van der Waals surface area contributed by atoms with Crippen molar-refractivity contribution in [3.63, 3.8) is 0 Å². The molecular weight excluding hydrogens is 346 g/mol. The van der Waals surface area contributed by atoms with Gasteiger partial charge in [0, 0.05) is 31.1 Å². The van der Waals surface area contributed by atoms with E-state index < -0.39 is 23.3 Å². The smallest absolute Gasteiger partial charge is 0.253 e. The van der Waals surface area contributed by atoms with Gasteiger partial charge in [-0.15, -0.1) is 0 Å². The van der Waals surface area contributed by atoms with Gasteiger partial charge in [-0.3, -0.25) is 14.4 Å². The van der Waals surface area contributed by atoms with Crippen molar-refractivity contribution in [3.8, 4) is 0 Å². The Hall–Kier alpha value is -2.41. The number of nitrogens with zero attached hydrogens (tertiary/aromatic N) is 2. The van der Waals surface area contributed by atoms with Crippen LogP contribution in [0.15, 0.2) is 24.3 Å². The van der Waals surface area contributed by atoms with Crippen LogP contribution in [0, 0.1) is 11.8 Å². The number of likely N-dealkylation sites (tertiary alicyclic amines) is 1. The van der Waals surface area contributed by atoms with E-state index in [9.17, 15) is 19.5 Å². The van der Waals surface area contributed by atoms with Gasteiger partial charge in [0.25, 0.3) is 5.91 Å². The predicted octanol–water partition coefficient (Wildman–Crippen LogP) is 0.858. The molecule has 2 aliphatic heterocycles. The molecule has 0 bridgehead atoms. The van der Waals surface area contributed by atoms with Crippen LogP contribution in [-0.4, -0.2) is 53.0 Å². The molecule has 2 aliphatic rings. The Kier molecular flexibility index (Phi) is 4.99. The lowest BCUT2D eigenvalue weighted by Gasteiger charge is -2.46. The van der Waals surface area contributed by atoms with Crippen LogP contribution in [0.25, 0.3) is 0 Å². The first kappa shape index (κ1) is 19.4. The molecule has 3 rings (SSSR count). The molecule has 0 aliphatic carbocycles. The average Bonchev–Trinajstić information content (AvgIpc) is 2.93. The number of rotatable bonds is 5. The summed E-state index contributed by atoms with van der Waals surface area (Å²) < 4.78 is 0. The van der Waals surface area contributed by atoms with E-state index >= 15 is 0 Å². The first-order chi connectivity index (χ1) is 12.7. The average molecular weight is 373 g/mol. The molecule has 27 heavy (non-hydrogen) atoms. The van der Waals surface area contributed by atoms with Gasteiger partial charge in [-0.05, 0) is 24.5 Å². The highest BCUT2D eigenvalue weighted by Gasteiger charge is 2.62. The molecule has 7 heteroatoms. The number of hydrogen-bond acceptors (Lipinski definition) is 4. The summed E-state index contributed by atoms with van der Waals surface area (Å²) in [6.45, 7) is 5.67. The van der Waals surface area contributed by atoms with Crippen LogP contribution in [-0.2, 0) is 14.4 Å². The second-order valence-corrected chi connectivity index (χ2v) is 7.98. The molecule has 1 aromatic carbocycles. The second-order valence-electron chi connectivity index (χ2n) is 7.98. The monoisotopic (exact) mass is 373 g/mol. The highest BCUT2D eigenvalue weighted by Crippen LogP contribution is 2.52. The van der Waals surface area contributed by atoms with Crippen molar-refractivity contribution in [3.05, 3.63) is 29.8 Å². The standard InChI is InChI=1S/C20H27N3O4/c1-12(2)10-16(25)23-11-14(18(21)26)17-13-6-4-5-7-15(13)22(8-9-24)19(27)20(17,23)3/h4-7,12,14,17,24H,8-11H2,1-3H3,(H2,21,26)/t14-,17+,20-/m0/s1. The van der Waals surface area contributed by atoms with Crippen molar-refractivity contribution in [1.82, 2.24) is 4.90 Å². The summed E-state index contributed by atoms with van der Waals surface area (Å²) in [6.07, 6.45) is 0.294. The lowest BCUT2D eigenvalue weighted by Crippen LogP contribution is -2.62. The van der Waals surface area contributed by atoms with Gasteiger partial charge in [-0.2, -0.15) is 0 Å². The number of hydrogen-bond donors (Lipinski definition) is 2. The Morgan fingerprint density at radius 2 is 2.00 bits per heavy atom. The lowest BCUT2D eigenvalue weighted by molar-refractivity contribution is -0.144. The van der Waals surface area contributed by atoms with E-state index in [1.165, 1.54) is 9.80 Å². The second kappa shape index (κ2) is 6.96. The third-order valence-corrected chi connectivity index (χ3v) is 5.76. The maximum atomic E-state index is 13.5. The molecule has 0 aromatic heterocycles. The van der Waals surface area contributed by atoms with E-state index in [1.807, 2.05) is 32.0 Å². The van der Waals surface area contributed by atoms with Gasteiger partial charge in [-0.25, -0.2) is 0 Å². The number of β-amino-alcohol motifs (C(OH)–C–C–N with tert-alkyl or cyclic N) is 1. The molecular formula is C20H27N3O4. The molecule has 7 nitrogen and oxygen atoms in total. The Bertz CT molecular complexity index is 778. The molecule has 0 radical (unpaired) electrons. The van der Waals surface area contributed by atoms with E-state index in [4.69, 9.17) is 5.73 Å². The molecule has 3 amide bonds. The van der Waals surface area contributed by atoms with E-state index in [2.05, 4.69) is 0 Å². The summed E-state index contributed by atoms with van der Waals surface area (Å²) >= 11 is 0. The minimum atomic E-state index is -1.20.